The fourth-order valence-electron chi connectivity index (χ4n) is 3.86. The van der Waals surface area contributed by atoms with E-state index in [1.165, 1.54) is 37.0 Å². The van der Waals surface area contributed by atoms with Crippen LogP contribution < -0.4 is 5.32 Å². The molecular weight excluding hydrogens is 322 g/mol. The molecule has 0 spiro atoms. The summed E-state index contributed by atoms with van der Waals surface area (Å²) in [4.78, 5) is 2.43. The molecule has 0 saturated carbocycles. The van der Waals surface area contributed by atoms with E-state index in [0.717, 1.165) is 63.0 Å². The number of hydrogen-bond acceptors (Lipinski definition) is 3. The molecule has 134 valence electrons. The average molecular weight is 346 g/mol. The second-order valence-electron chi connectivity index (χ2n) is 7.00. The SMILES string of the molecule is Fc1ccc(-n2nc(CN3CCCCC3)c3c2NCCCC3)c(F)c1. The summed E-state index contributed by atoms with van der Waals surface area (Å²) in [5.41, 5.74) is 2.51. The summed E-state index contributed by atoms with van der Waals surface area (Å²) in [5, 5.41) is 8.15. The van der Waals surface area contributed by atoms with Crippen LogP contribution in [0.1, 0.15) is 43.4 Å². The van der Waals surface area contributed by atoms with Crippen molar-refractivity contribution in [1.29, 1.82) is 0 Å². The Morgan fingerprint density at radius 2 is 1.88 bits per heavy atom. The van der Waals surface area contributed by atoms with Crippen LogP contribution in [-0.4, -0.2) is 34.3 Å². The lowest BCUT2D eigenvalue weighted by molar-refractivity contribution is 0.217. The highest BCUT2D eigenvalue weighted by atomic mass is 19.1. The van der Waals surface area contributed by atoms with Crippen LogP contribution in [0.25, 0.3) is 5.69 Å². The topological polar surface area (TPSA) is 33.1 Å². The second kappa shape index (κ2) is 7.12. The molecule has 1 N–H and O–H groups in total. The number of fused-ring (bicyclic) bond motifs is 1. The third-order valence-electron chi connectivity index (χ3n) is 5.17. The molecule has 0 unspecified atom stereocenters. The van der Waals surface area contributed by atoms with E-state index in [1.807, 2.05) is 0 Å². The highest BCUT2D eigenvalue weighted by Gasteiger charge is 2.24. The molecule has 0 bridgehead atoms. The predicted octanol–water partition coefficient (Wildman–Crippen LogP) is 3.88. The number of halogens is 2. The van der Waals surface area contributed by atoms with Crippen molar-refractivity contribution in [2.75, 3.05) is 25.0 Å². The van der Waals surface area contributed by atoms with Crippen LogP contribution in [0.3, 0.4) is 0 Å². The van der Waals surface area contributed by atoms with Gasteiger partial charge in [0.15, 0.2) is 5.82 Å². The van der Waals surface area contributed by atoms with Gasteiger partial charge in [-0.05, 0) is 57.3 Å². The minimum absolute atomic E-state index is 0.303. The van der Waals surface area contributed by atoms with Crippen LogP contribution in [0.5, 0.6) is 0 Å². The highest BCUT2D eigenvalue weighted by Crippen LogP contribution is 2.30. The number of anilines is 1. The van der Waals surface area contributed by atoms with Gasteiger partial charge >= 0.3 is 0 Å². The van der Waals surface area contributed by atoms with Crippen LogP contribution >= 0.6 is 0 Å². The van der Waals surface area contributed by atoms with Crippen molar-refractivity contribution >= 4 is 5.82 Å². The maximum absolute atomic E-state index is 14.3. The molecule has 0 aliphatic carbocycles. The molecule has 0 atom stereocenters. The van der Waals surface area contributed by atoms with Crippen LogP contribution in [0.4, 0.5) is 14.6 Å². The lowest BCUT2D eigenvalue weighted by Gasteiger charge is -2.25. The van der Waals surface area contributed by atoms with Crippen molar-refractivity contribution in [3.63, 3.8) is 0 Å². The van der Waals surface area contributed by atoms with E-state index in [1.54, 1.807) is 4.68 Å². The van der Waals surface area contributed by atoms with Gasteiger partial charge in [-0.3, -0.25) is 4.90 Å². The van der Waals surface area contributed by atoms with Crippen molar-refractivity contribution in [3.05, 3.63) is 41.1 Å². The van der Waals surface area contributed by atoms with Crippen molar-refractivity contribution in [3.8, 4) is 5.69 Å². The van der Waals surface area contributed by atoms with Gasteiger partial charge in [-0.25, -0.2) is 13.5 Å². The monoisotopic (exact) mass is 346 g/mol. The largest absolute Gasteiger partial charge is 0.370 e. The number of nitrogens with one attached hydrogen (secondary N) is 1. The molecule has 25 heavy (non-hydrogen) atoms. The minimum atomic E-state index is -0.583. The smallest absolute Gasteiger partial charge is 0.151 e. The molecule has 4 nitrogen and oxygen atoms in total. The van der Waals surface area contributed by atoms with E-state index in [4.69, 9.17) is 5.10 Å². The molecule has 6 heteroatoms. The lowest BCUT2D eigenvalue weighted by atomic mass is 10.1. The summed E-state index contributed by atoms with van der Waals surface area (Å²) in [6, 6.07) is 3.67. The Morgan fingerprint density at radius 3 is 2.68 bits per heavy atom. The minimum Gasteiger partial charge on any atom is -0.370 e. The van der Waals surface area contributed by atoms with E-state index < -0.39 is 11.6 Å². The summed E-state index contributed by atoms with van der Waals surface area (Å²) in [5.74, 6) is -0.281. The zero-order chi connectivity index (χ0) is 17.2. The normalized spacial score (nSPS) is 18.5. The quantitative estimate of drug-likeness (QED) is 0.915. The zero-order valence-electron chi connectivity index (χ0n) is 14.4. The molecule has 1 aromatic heterocycles. The van der Waals surface area contributed by atoms with E-state index in [-0.39, 0.29) is 0 Å². The molecule has 1 fully saturated rings. The van der Waals surface area contributed by atoms with E-state index >= 15 is 0 Å². The van der Waals surface area contributed by atoms with Gasteiger partial charge in [0.2, 0.25) is 0 Å². The number of piperidine rings is 1. The van der Waals surface area contributed by atoms with E-state index in [2.05, 4.69) is 10.2 Å². The molecule has 4 rings (SSSR count). The van der Waals surface area contributed by atoms with Crippen LogP contribution in [0.15, 0.2) is 18.2 Å². The Balaban J connectivity index is 1.73. The number of likely N-dealkylation sites (tertiary alicyclic amines) is 1. The van der Waals surface area contributed by atoms with Gasteiger partial charge < -0.3 is 5.32 Å². The van der Waals surface area contributed by atoms with Crippen molar-refractivity contribution in [2.45, 2.75) is 45.1 Å². The Hall–Kier alpha value is -1.95. The molecule has 0 radical (unpaired) electrons. The molecule has 1 saturated heterocycles. The first-order valence-electron chi connectivity index (χ1n) is 9.25. The molecule has 0 amide bonds. The van der Waals surface area contributed by atoms with Crippen molar-refractivity contribution in [2.24, 2.45) is 0 Å². The summed E-state index contributed by atoms with van der Waals surface area (Å²) in [6.45, 7) is 3.85. The molecule has 2 aromatic rings. The molecule has 2 aliphatic rings. The van der Waals surface area contributed by atoms with Gasteiger partial charge in [0.1, 0.15) is 17.3 Å². The number of benzene rings is 1. The average Bonchev–Trinajstić information content (AvgIpc) is 2.79. The fourth-order valence-corrected chi connectivity index (χ4v) is 3.86. The predicted molar refractivity (Wildman–Crippen MR) is 94.0 cm³/mol. The van der Waals surface area contributed by atoms with Crippen LogP contribution in [0.2, 0.25) is 0 Å². The van der Waals surface area contributed by atoms with Crippen LogP contribution in [0, 0.1) is 11.6 Å². The lowest BCUT2D eigenvalue weighted by Crippen LogP contribution is -2.29. The second-order valence-corrected chi connectivity index (χ2v) is 7.00. The van der Waals surface area contributed by atoms with E-state index in [9.17, 15) is 8.78 Å². The first-order valence-corrected chi connectivity index (χ1v) is 9.25. The third kappa shape index (κ3) is 3.40. The number of nitrogens with zero attached hydrogens (tertiary/aromatic N) is 3. The molecule has 1 aromatic carbocycles. The zero-order valence-corrected chi connectivity index (χ0v) is 14.4. The van der Waals surface area contributed by atoms with E-state index in [0.29, 0.717) is 5.69 Å². The Kier molecular flexibility index (Phi) is 4.70. The van der Waals surface area contributed by atoms with Crippen LogP contribution in [-0.2, 0) is 13.0 Å². The van der Waals surface area contributed by atoms with Gasteiger partial charge in [0.05, 0.1) is 5.69 Å². The van der Waals surface area contributed by atoms with Gasteiger partial charge in [0.25, 0.3) is 0 Å². The first-order chi connectivity index (χ1) is 12.2. The third-order valence-corrected chi connectivity index (χ3v) is 5.17. The van der Waals surface area contributed by atoms with Gasteiger partial charge in [-0.2, -0.15) is 5.10 Å². The number of aromatic nitrogens is 2. The highest BCUT2D eigenvalue weighted by molar-refractivity contribution is 5.54. The van der Waals surface area contributed by atoms with Gasteiger partial charge in [0, 0.05) is 24.7 Å². The first kappa shape index (κ1) is 16.5. The molecule has 2 aliphatic heterocycles. The maximum Gasteiger partial charge on any atom is 0.151 e. The Labute approximate surface area is 146 Å². The standard InChI is InChI=1S/C19H24F2N4/c20-14-7-8-18(16(21)12-14)25-19-15(6-2-3-9-22-19)17(23-25)13-24-10-4-1-5-11-24/h7-8,12,22H,1-6,9-11,13H2. The maximum atomic E-state index is 14.3. The van der Waals surface area contributed by atoms with Crippen molar-refractivity contribution < 1.29 is 8.78 Å². The summed E-state index contributed by atoms with van der Waals surface area (Å²) in [7, 11) is 0. The Morgan fingerprint density at radius 1 is 1.04 bits per heavy atom. The molecular formula is C19H24F2N4. The summed E-state index contributed by atoms with van der Waals surface area (Å²) < 4.78 is 29.3. The number of rotatable bonds is 3. The fraction of sp³-hybridized carbons (Fsp3) is 0.526. The van der Waals surface area contributed by atoms with Crippen molar-refractivity contribution in [1.82, 2.24) is 14.7 Å². The number of hydrogen-bond donors (Lipinski definition) is 1. The Bertz CT molecular complexity index is 750. The summed E-state index contributed by atoms with van der Waals surface area (Å²) in [6.07, 6.45) is 6.90. The van der Waals surface area contributed by atoms with Gasteiger partial charge in [-0.1, -0.05) is 6.42 Å². The van der Waals surface area contributed by atoms with Gasteiger partial charge in [-0.15, -0.1) is 0 Å². The summed E-state index contributed by atoms with van der Waals surface area (Å²) >= 11 is 0. The molecule has 3 heterocycles.